The zero-order valence-electron chi connectivity index (χ0n) is 15.4. The molecule has 0 radical (unpaired) electrons. The van der Waals surface area contributed by atoms with Gasteiger partial charge in [0.05, 0.1) is 12.7 Å². The predicted molar refractivity (Wildman–Crippen MR) is 93.3 cm³/mol. The molecule has 0 aromatic heterocycles. The molecule has 1 unspecified atom stereocenters. The summed E-state index contributed by atoms with van der Waals surface area (Å²) in [5, 5.41) is 0. The fourth-order valence-electron chi connectivity index (χ4n) is 2.36. The lowest BCUT2D eigenvalue weighted by molar-refractivity contribution is -0.149. The van der Waals surface area contributed by atoms with Gasteiger partial charge in [-0.3, -0.25) is 9.59 Å². The van der Waals surface area contributed by atoms with Crippen molar-refractivity contribution < 1.29 is 19.1 Å². The summed E-state index contributed by atoms with van der Waals surface area (Å²) in [7, 11) is 0. The number of carbonyl (C=O) groups excluding carboxylic acids is 2. The summed E-state index contributed by atoms with van der Waals surface area (Å²) in [6.45, 7) is 6.76. The molecule has 0 aliphatic rings. The summed E-state index contributed by atoms with van der Waals surface area (Å²) in [4.78, 5) is 23.2. The van der Waals surface area contributed by atoms with E-state index in [4.69, 9.17) is 9.47 Å². The first-order valence-corrected chi connectivity index (χ1v) is 9.45. The van der Waals surface area contributed by atoms with Gasteiger partial charge in [0.2, 0.25) is 0 Å². The number of rotatable bonds is 15. The molecule has 1 atom stereocenters. The maximum atomic E-state index is 11.7. The third-order valence-electron chi connectivity index (χ3n) is 3.82. The number of ether oxygens (including phenoxy) is 2. The van der Waals surface area contributed by atoms with Crippen LogP contribution in [0.2, 0.25) is 0 Å². The molecule has 0 rings (SSSR count). The highest BCUT2D eigenvalue weighted by atomic mass is 16.5. The number of esters is 2. The van der Waals surface area contributed by atoms with Crippen molar-refractivity contribution in [1.29, 1.82) is 0 Å². The Kier molecular flexibility index (Phi) is 15.1. The summed E-state index contributed by atoms with van der Waals surface area (Å²) >= 11 is 0. The monoisotopic (exact) mass is 328 g/mol. The van der Waals surface area contributed by atoms with E-state index in [1.165, 1.54) is 32.1 Å². The molecule has 0 aromatic rings. The minimum atomic E-state index is -0.207. The fraction of sp³-hybridized carbons (Fsp3) is 0.895. The Morgan fingerprint density at radius 2 is 1.39 bits per heavy atom. The average Bonchev–Trinajstić information content (AvgIpc) is 2.51. The van der Waals surface area contributed by atoms with Crippen molar-refractivity contribution in [1.82, 2.24) is 0 Å². The Morgan fingerprint density at radius 3 is 2.09 bits per heavy atom. The Hall–Kier alpha value is -1.06. The van der Waals surface area contributed by atoms with Gasteiger partial charge in [-0.1, -0.05) is 52.4 Å². The van der Waals surface area contributed by atoms with Crippen molar-refractivity contribution in [2.45, 2.75) is 104 Å². The van der Waals surface area contributed by atoms with Crippen LogP contribution in [0.4, 0.5) is 0 Å². The van der Waals surface area contributed by atoms with E-state index in [2.05, 4.69) is 13.8 Å². The molecule has 0 saturated heterocycles. The van der Waals surface area contributed by atoms with Crippen molar-refractivity contribution in [3.63, 3.8) is 0 Å². The third kappa shape index (κ3) is 15.6. The van der Waals surface area contributed by atoms with Gasteiger partial charge in [0.1, 0.15) is 0 Å². The Labute approximate surface area is 142 Å². The SMILES string of the molecule is CCCCCCCOC(=O)CCCC(=O)OC(C)CCCCC. The van der Waals surface area contributed by atoms with Gasteiger partial charge >= 0.3 is 11.9 Å². The fourth-order valence-corrected chi connectivity index (χ4v) is 2.36. The molecule has 136 valence electrons. The highest BCUT2D eigenvalue weighted by Crippen LogP contribution is 2.09. The number of carbonyl (C=O) groups is 2. The summed E-state index contributed by atoms with van der Waals surface area (Å²) in [5.41, 5.74) is 0. The van der Waals surface area contributed by atoms with Gasteiger partial charge in [-0.15, -0.1) is 0 Å². The van der Waals surface area contributed by atoms with Gasteiger partial charge in [-0.25, -0.2) is 0 Å². The van der Waals surface area contributed by atoms with E-state index in [-0.39, 0.29) is 18.0 Å². The van der Waals surface area contributed by atoms with E-state index >= 15 is 0 Å². The molecule has 4 heteroatoms. The maximum absolute atomic E-state index is 11.7. The second-order valence-electron chi connectivity index (χ2n) is 6.28. The molecule has 4 nitrogen and oxygen atoms in total. The zero-order chi connectivity index (χ0) is 17.3. The van der Waals surface area contributed by atoms with Crippen molar-refractivity contribution >= 4 is 11.9 Å². The smallest absolute Gasteiger partial charge is 0.306 e. The molecule has 0 heterocycles. The van der Waals surface area contributed by atoms with E-state index in [0.29, 0.717) is 25.9 Å². The molecular weight excluding hydrogens is 292 g/mol. The van der Waals surface area contributed by atoms with Gasteiger partial charge < -0.3 is 9.47 Å². The predicted octanol–water partition coefficient (Wildman–Crippen LogP) is 5.18. The van der Waals surface area contributed by atoms with Gasteiger partial charge in [-0.05, 0) is 32.6 Å². The first-order valence-electron chi connectivity index (χ1n) is 9.45. The molecule has 0 amide bonds. The van der Waals surface area contributed by atoms with E-state index in [0.717, 1.165) is 25.7 Å². The van der Waals surface area contributed by atoms with Crippen LogP contribution < -0.4 is 0 Å². The number of unbranched alkanes of at least 4 members (excludes halogenated alkanes) is 6. The highest BCUT2D eigenvalue weighted by Gasteiger charge is 2.10. The normalized spacial score (nSPS) is 12.0. The van der Waals surface area contributed by atoms with E-state index < -0.39 is 0 Å². The van der Waals surface area contributed by atoms with Gasteiger partial charge in [0, 0.05) is 12.8 Å². The van der Waals surface area contributed by atoms with Gasteiger partial charge in [-0.2, -0.15) is 0 Å². The minimum absolute atomic E-state index is 0.0240. The molecular formula is C19H36O4. The molecule has 23 heavy (non-hydrogen) atoms. The van der Waals surface area contributed by atoms with Crippen LogP contribution in [0.5, 0.6) is 0 Å². The zero-order valence-corrected chi connectivity index (χ0v) is 15.4. The van der Waals surface area contributed by atoms with E-state index in [1.54, 1.807) is 0 Å². The highest BCUT2D eigenvalue weighted by molar-refractivity contribution is 5.72. The lowest BCUT2D eigenvalue weighted by Crippen LogP contribution is -2.15. The van der Waals surface area contributed by atoms with Crippen LogP contribution in [-0.2, 0) is 19.1 Å². The number of hydrogen-bond donors (Lipinski definition) is 0. The van der Waals surface area contributed by atoms with Crippen LogP contribution in [0.25, 0.3) is 0 Å². The van der Waals surface area contributed by atoms with Crippen LogP contribution in [0.15, 0.2) is 0 Å². The Morgan fingerprint density at radius 1 is 0.783 bits per heavy atom. The quantitative estimate of drug-likeness (QED) is 0.307. The molecule has 0 aliphatic heterocycles. The van der Waals surface area contributed by atoms with Crippen molar-refractivity contribution in [2.24, 2.45) is 0 Å². The largest absolute Gasteiger partial charge is 0.466 e. The van der Waals surface area contributed by atoms with Crippen molar-refractivity contribution in [3.8, 4) is 0 Å². The topological polar surface area (TPSA) is 52.6 Å². The Bertz CT molecular complexity index is 302. The lowest BCUT2D eigenvalue weighted by Gasteiger charge is -2.12. The van der Waals surface area contributed by atoms with Gasteiger partial charge in [0.25, 0.3) is 0 Å². The molecule has 0 spiro atoms. The summed E-state index contributed by atoms with van der Waals surface area (Å²) in [6.07, 6.45) is 11.1. The van der Waals surface area contributed by atoms with Crippen LogP contribution in [0.3, 0.4) is 0 Å². The van der Waals surface area contributed by atoms with E-state index in [9.17, 15) is 9.59 Å². The first kappa shape index (κ1) is 21.9. The van der Waals surface area contributed by atoms with Crippen LogP contribution in [-0.4, -0.2) is 24.6 Å². The third-order valence-corrected chi connectivity index (χ3v) is 3.82. The maximum Gasteiger partial charge on any atom is 0.306 e. The molecule has 0 aromatic carbocycles. The van der Waals surface area contributed by atoms with E-state index in [1.807, 2.05) is 6.92 Å². The van der Waals surface area contributed by atoms with Gasteiger partial charge in [0.15, 0.2) is 0 Å². The number of hydrogen-bond acceptors (Lipinski definition) is 4. The molecule has 0 N–H and O–H groups in total. The van der Waals surface area contributed by atoms with Crippen LogP contribution in [0, 0.1) is 0 Å². The van der Waals surface area contributed by atoms with Crippen molar-refractivity contribution in [2.75, 3.05) is 6.61 Å². The average molecular weight is 328 g/mol. The van der Waals surface area contributed by atoms with Crippen LogP contribution >= 0.6 is 0 Å². The lowest BCUT2D eigenvalue weighted by atomic mass is 10.1. The second-order valence-corrected chi connectivity index (χ2v) is 6.28. The Balaban J connectivity index is 3.50. The summed E-state index contributed by atoms with van der Waals surface area (Å²) < 4.78 is 10.5. The molecule has 0 fully saturated rings. The van der Waals surface area contributed by atoms with Crippen molar-refractivity contribution in [3.05, 3.63) is 0 Å². The summed E-state index contributed by atoms with van der Waals surface area (Å²) in [6, 6.07) is 0. The second kappa shape index (κ2) is 15.8. The molecule has 0 bridgehead atoms. The van der Waals surface area contributed by atoms with Crippen LogP contribution in [0.1, 0.15) is 97.8 Å². The summed E-state index contributed by atoms with van der Waals surface area (Å²) in [5.74, 6) is -0.411. The first-order chi connectivity index (χ1) is 11.1. The molecule has 0 aliphatic carbocycles. The molecule has 0 saturated carbocycles. The minimum Gasteiger partial charge on any atom is -0.466 e. The standard InChI is InChI=1S/C19H36O4/c1-4-6-8-9-11-16-22-18(20)14-12-15-19(21)23-17(3)13-10-7-5-2/h17H,4-16H2,1-3H3.